The third-order valence-corrected chi connectivity index (χ3v) is 6.45. The molecule has 1 amide bonds. The van der Waals surface area contributed by atoms with Crippen molar-refractivity contribution < 1.29 is 4.79 Å². The Balaban J connectivity index is 1.43. The Morgan fingerprint density at radius 1 is 1.14 bits per heavy atom. The lowest BCUT2D eigenvalue weighted by atomic mass is 9.92. The van der Waals surface area contributed by atoms with Gasteiger partial charge in [-0.1, -0.05) is 13.8 Å². The monoisotopic (exact) mass is 465 g/mol. The highest BCUT2D eigenvalue weighted by molar-refractivity contribution is 6.05. The second-order valence-corrected chi connectivity index (χ2v) is 9.54. The highest BCUT2D eigenvalue weighted by atomic mass is 16.1. The van der Waals surface area contributed by atoms with Crippen molar-refractivity contribution in [3.05, 3.63) is 65.6 Å². The van der Waals surface area contributed by atoms with Gasteiger partial charge in [0, 0.05) is 42.1 Å². The number of hydrogen-bond donors (Lipinski definition) is 2. The first-order valence-electron chi connectivity index (χ1n) is 11.8. The molecule has 0 bridgehead atoms. The third-order valence-electron chi connectivity index (χ3n) is 6.45. The molecule has 1 saturated heterocycles. The van der Waals surface area contributed by atoms with Gasteiger partial charge >= 0.3 is 0 Å². The van der Waals surface area contributed by atoms with Crippen molar-refractivity contribution in [1.29, 1.82) is 5.26 Å². The predicted molar refractivity (Wildman–Crippen MR) is 136 cm³/mol. The van der Waals surface area contributed by atoms with E-state index in [1.54, 1.807) is 13.0 Å². The summed E-state index contributed by atoms with van der Waals surface area (Å²) in [6.45, 7) is 8.35. The Morgan fingerprint density at radius 2 is 1.94 bits per heavy atom. The molecule has 4 heterocycles. The van der Waals surface area contributed by atoms with Gasteiger partial charge in [-0.15, -0.1) is 0 Å². The zero-order valence-electron chi connectivity index (χ0n) is 20.0. The Kier molecular flexibility index (Phi) is 5.91. The number of nitrogens with one attached hydrogen (secondary N) is 2. The number of fused-ring (bicyclic) bond motifs is 1. The second-order valence-electron chi connectivity index (χ2n) is 9.54. The molecule has 2 N–H and O–H groups in total. The van der Waals surface area contributed by atoms with E-state index in [1.807, 2.05) is 36.5 Å². The summed E-state index contributed by atoms with van der Waals surface area (Å²) >= 11 is 0. The van der Waals surface area contributed by atoms with Crippen molar-refractivity contribution >= 4 is 28.3 Å². The second kappa shape index (κ2) is 9.18. The molecule has 0 saturated carbocycles. The summed E-state index contributed by atoms with van der Waals surface area (Å²) in [5, 5.41) is 20.5. The minimum Gasteiger partial charge on any atom is -0.356 e. The molecule has 8 nitrogen and oxygen atoms in total. The minimum absolute atomic E-state index is 0.292. The van der Waals surface area contributed by atoms with E-state index in [0.717, 1.165) is 41.1 Å². The smallest absolute Gasteiger partial charge is 0.274 e. The van der Waals surface area contributed by atoms with Crippen LogP contribution in [0.15, 0.2) is 48.8 Å². The van der Waals surface area contributed by atoms with Crippen molar-refractivity contribution in [2.75, 3.05) is 23.3 Å². The summed E-state index contributed by atoms with van der Waals surface area (Å²) in [6, 6.07) is 13.4. The van der Waals surface area contributed by atoms with Crippen LogP contribution in [0.2, 0.25) is 0 Å². The number of nitriles is 1. The number of piperidine rings is 1. The number of pyridine rings is 2. The van der Waals surface area contributed by atoms with Crippen LogP contribution in [0.4, 0.5) is 11.5 Å². The van der Waals surface area contributed by atoms with Gasteiger partial charge in [0.1, 0.15) is 23.3 Å². The fourth-order valence-electron chi connectivity index (χ4n) is 4.96. The number of amides is 1. The van der Waals surface area contributed by atoms with Crippen LogP contribution in [0.1, 0.15) is 41.9 Å². The van der Waals surface area contributed by atoms with Crippen LogP contribution < -0.4 is 10.2 Å². The molecular weight excluding hydrogens is 438 g/mol. The first kappa shape index (κ1) is 22.5. The SMILES string of the molecule is Cc1cc(C#N)cnc1C(=O)Nc1ccc2[nH]nc(-c3ccnc(N4C[C@H](C)C[C@H](C)C4)c3)c2c1. The van der Waals surface area contributed by atoms with Gasteiger partial charge in [0.2, 0.25) is 0 Å². The molecule has 4 aromatic rings. The topological polar surface area (TPSA) is 111 Å². The predicted octanol–water partition coefficient (Wildman–Crippen LogP) is 4.93. The van der Waals surface area contributed by atoms with Crippen molar-refractivity contribution in [2.24, 2.45) is 11.8 Å². The van der Waals surface area contributed by atoms with Gasteiger partial charge in [-0.2, -0.15) is 10.4 Å². The average Bonchev–Trinajstić information content (AvgIpc) is 3.26. The number of nitrogens with zero attached hydrogens (tertiary/aromatic N) is 5. The largest absolute Gasteiger partial charge is 0.356 e. The highest BCUT2D eigenvalue weighted by Crippen LogP contribution is 2.32. The number of carbonyl (C=O) groups is 1. The average molecular weight is 466 g/mol. The molecule has 5 rings (SSSR count). The molecule has 1 fully saturated rings. The highest BCUT2D eigenvalue weighted by Gasteiger charge is 2.23. The number of benzene rings is 1. The molecule has 1 aliphatic rings. The first-order chi connectivity index (χ1) is 16.9. The number of anilines is 2. The van der Waals surface area contributed by atoms with E-state index in [-0.39, 0.29) is 5.91 Å². The molecule has 3 aromatic heterocycles. The van der Waals surface area contributed by atoms with E-state index in [9.17, 15) is 4.79 Å². The number of aryl methyl sites for hydroxylation is 1. The van der Waals surface area contributed by atoms with Crippen LogP contribution in [0.5, 0.6) is 0 Å². The normalized spacial score (nSPS) is 17.8. The van der Waals surface area contributed by atoms with Gasteiger partial charge in [-0.3, -0.25) is 9.89 Å². The molecule has 35 heavy (non-hydrogen) atoms. The van der Waals surface area contributed by atoms with Crippen molar-refractivity contribution in [3.63, 3.8) is 0 Å². The van der Waals surface area contributed by atoms with Gasteiger partial charge < -0.3 is 10.2 Å². The van der Waals surface area contributed by atoms with Crippen LogP contribution in [-0.4, -0.2) is 39.2 Å². The van der Waals surface area contributed by atoms with Crippen LogP contribution in [0.25, 0.3) is 22.2 Å². The number of hydrogen-bond acceptors (Lipinski definition) is 6. The van der Waals surface area contributed by atoms with E-state index < -0.39 is 0 Å². The Morgan fingerprint density at radius 3 is 2.69 bits per heavy atom. The van der Waals surface area contributed by atoms with Crippen LogP contribution in [0.3, 0.4) is 0 Å². The Labute approximate surface area is 204 Å². The molecular formula is C27H27N7O. The van der Waals surface area contributed by atoms with E-state index in [0.29, 0.717) is 34.3 Å². The van der Waals surface area contributed by atoms with E-state index in [2.05, 4.69) is 50.3 Å². The summed E-state index contributed by atoms with van der Waals surface area (Å²) in [4.78, 5) is 24.0. The maximum atomic E-state index is 12.8. The molecule has 0 unspecified atom stereocenters. The van der Waals surface area contributed by atoms with Crippen LogP contribution >= 0.6 is 0 Å². The maximum Gasteiger partial charge on any atom is 0.274 e. The molecule has 1 aliphatic heterocycles. The molecule has 0 spiro atoms. The lowest BCUT2D eigenvalue weighted by Gasteiger charge is -2.35. The van der Waals surface area contributed by atoms with Gasteiger partial charge in [-0.25, -0.2) is 9.97 Å². The quantitative estimate of drug-likeness (QED) is 0.442. The first-order valence-corrected chi connectivity index (χ1v) is 11.8. The zero-order valence-corrected chi connectivity index (χ0v) is 20.0. The van der Waals surface area contributed by atoms with Gasteiger partial charge in [0.15, 0.2) is 0 Å². The van der Waals surface area contributed by atoms with E-state index in [1.165, 1.54) is 12.6 Å². The third kappa shape index (κ3) is 4.58. The van der Waals surface area contributed by atoms with E-state index >= 15 is 0 Å². The Bertz CT molecular complexity index is 1440. The van der Waals surface area contributed by atoms with Crippen LogP contribution in [-0.2, 0) is 0 Å². The van der Waals surface area contributed by atoms with Crippen molar-refractivity contribution in [1.82, 2.24) is 20.2 Å². The number of rotatable bonds is 4. The van der Waals surface area contributed by atoms with Gasteiger partial charge in [0.05, 0.1) is 11.1 Å². The number of H-pyrrole nitrogens is 1. The van der Waals surface area contributed by atoms with Crippen molar-refractivity contribution in [2.45, 2.75) is 27.2 Å². The van der Waals surface area contributed by atoms with Crippen LogP contribution in [0, 0.1) is 30.1 Å². The minimum atomic E-state index is -0.323. The number of aromatic amines is 1. The summed E-state index contributed by atoms with van der Waals surface area (Å²) in [5.41, 5.74) is 4.67. The summed E-state index contributed by atoms with van der Waals surface area (Å²) in [5.74, 6) is 1.91. The zero-order chi connectivity index (χ0) is 24.5. The van der Waals surface area contributed by atoms with Gasteiger partial charge in [0.25, 0.3) is 5.91 Å². The molecule has 176 valence electrons. The number of aromatic nitrogens is 4. The van der Waals surface area contributed by atoms with Crippen molar-refractivity contribution in [3.8, 4) is 17.3 Å². The lowest BCUT2D eigenvalue weighted by molar-refractivity contribution is 0.102. The molecule has 1 aromatic carbocycles. The molecule has 2 atom stereocenters. The summed E-state index contributed by atoms with van der Waals surface area (Å²) < 4.78 is 0. The summed E-state index contributed by atoms with van der Waals surface area (Å²) in [7, 11) is 0. The maximum absolute atomic E-state index is 12.8. The fourth-order valence-corrected chi connectivity index (χ4v) is 4.96. The molecule has 0 aliphatic carbocycles. The number of carbonyl (C=O) groups excluding carboxylic acids is 1. The van der Waals surface area contributed by atoms with Gasteiger partial charge in [-0.05, 0) is 67.1 Å². The lowest BCUT2D eigenvalue weighted by Crippen LogP contribution is -2.39. The molecule has 8 heteroatoms. The molecule has 0 radical (unpaired) electrons. The standard InChI is InChI=1S/C27H27N7O/c1-16-8-17(2)15-34(14-16)24-10-20(6-7-29-24)26-22-11-21(4-5-23(22)32-33-26)31-27(35)25-18(3)9-19(12-28)13-30-25/h4-7,9-11,13,16-17H,8,14-15H2,1-3H3,(H,31,35)(H,32,33)/t16-,17+. The fraction of sp³-hybridized carbons (Fsp3) is 0.296. The Hall–Kier alpha value is -4.25. The van der Waals surface area contributed by atoms with E-state index in [4.69, 9.17) is 5.26 Å². The summed E-state index contributed by atoms with van der Waals surface area (Å²) in [6.07, 6.45) is 4.48.